The van der Waals surface area contributed by atoms with E-state index in [4.69, 9.17) is 4.74 Å². The third kappa shape index (κ3) is 7.95. The number of amides is 2. The summed E-state index contributed by atoms with van der Waals surface area (Å²) >= 11 is 1.61. The summed E-state index contributed by atoms with van der Waals surface area (Å²) in [6, 6.07) is 19.3. The first-order valence-electron chi connectivity index (χ1n) is 15.9. The van der Waals surface area contributed by atoms with Gasteiger partial charge in [-0.15, -0.1) is 18.3 Å². The second-order valence-electron chi connectivity index (χ2n) is 12.2. The predicted molar refractivity (Wildman–Crippen MR) is 181 cm³/mol. The number of thioether (sulfide) groups is 1. The largest absolute Gasteiger partial charge is 0.573 e. The van der Waals surface area contributed by atoms with Gasteiger partial charge in [-0.05, 0) is 79.0 Å². The van der Waals surface area contributed by atoms with Crippen LogP contribution in [-0.4, -0.2) is 57.8 Å². The first-order valence-corrected chi connectivity index (χ1v) is 16.9. The van der Waals surface area contributed by atoms with Gasteiger partial charge < -0.3 is 19.7 Å². The smallest absolute Gasteiger partial charge is 0.497 e. The number of benzene rings is 3. The third-order valence-corrected chi connectivity index (χ3v) is 9.63. The quantitative estimate of drug-likeness (QED) is 0.200. The first kappa shape index (κ1) is 33.4. The van der Waals surface area contributed by atoms with E-state index in [-0.39, 0.29) is 17.8 Å². The normalized spacial score (nSPS) is 19.1. The van der Waals surface area contributed by atoms with E-state index in [2.05, 4.69) is 62.1 Å². The van der Waals surface area contributed by atoms with E-state index in [1.807, 2.05) is 24.3 Å². The van der Waals surface area contributed by atoms with Gasteiger partial charge in [-0.25, -0.2) is 14.5 Å². The number of aromatic nitrogens is 3. The summed E-state index contributed by atoms with van der Waals surface area (Å²) in [4.78, 5) is 24.2. The van der Waals surface area contributed by atoms with Crippen LogP contribution in [0, 0.1) is 0 Å². The number of nitrogens with zero attached hydrogens (tertiary/aromatic N) is 5. The monoisotopic (exact) mass is 678 g/mol. The summed E-state index contributed by atoms with van der Waals surface area (Å²) in [5.41, 5.74) is 4.77. The van der Waals surface area contributed by atoms with Gasteiger partial charge in [0, 0.05) is 35.7 Å². The van der Waals surface area contributed by atoms with Crippen LogP contribution in [-0.2, 0) is 0 Å². The lowest BCUT2D eigenvalue weighted by Crippen LogP contribution is -2.38. The average molecular weight is 679 g/mol. The molecule has 3 aromatic carbocycles. The van der Waals surface area contributed by atoms with Crippen molar-refractivity contribution in [1.29, 1.82) is 0 Å². The summed E-state index contributed by atoms with van der Waals surface area (Å²) in [6.45, 7) is 5.11. The number of hydrogen-bond acceptors (Lipinski definition) is 6. The van der Waals surface area contributed by atoms with Gasteiger partial charge in [-0.3, -0.25) is 0 Å². The standard InChI is InChI=1S/C35H37F3N6O3S/c1-22(2)30-16-15-29(46-3)20-31(30)43-17-4-18-48-34(43)41-33(45)40-26-10-9-25(19-26)23-5-7-24(8-6-23)32-39-21-44(42-32)27-11-13-28(14-12-27)47-35(36,37)38/h5-8,11-16,20-22,25-26H,4,9-10,17-19H2,1-3H3,(H,40,45)/b41-34-. The number of methoxy groups -OCH3 is 1. The molecule has 1 aliphatic heterocycles. The molecule has 0 bridgehead atoms. The lowest BCUT2D eigenvalue weighted by Gasteiger charge is -2.32. The summed E-state index contributed by atoms with van der Waals surface area (Å²) in [5, 5.41) is 8.35. The maximum absolute atomic E-state index is 13.2. The minimum absolute atomic E-state index is 0.0295. The van der Waals surface area contributed by atoms with Crippen LogP contribution >= 0.6 is 11.8 Å². The Balaban J connectivity index is 1.07. The first-order chi connectivity index (χ1) is 23.1. The van der Waals surface area contributed by atoms with Crippen LogP contribution in [0.1, 0.15) is 62.5 Å². The summed E-state index contributed by atoms with van der Waals surface area (Å²) in [6.07, 6.45) is 0.404. The Morgan fingerprint density at radius 3 is 2.50 bits per heavy atom. The van der Waals surface area contributed by atoms with Crippen LogP contribution < -0.4 is 19.7 Å². The molecule has 48 heavy (non-hydrogen) atoms. The summed E-state index contributed by atoms with van der Waals surface area (Å²) in [7, 11) is 1.66. The number of aliphatic imine (C=N–C) groups is 1. The van der Waals surface area contributed by atoms with Crippen molar-refractivity contribution in [2.75, 3.05) is 24.3 Å². The maximum Gasteiger partial charge on any atom is 0.573 e. The highest BCUT2D eigenvalue weighted by molar-refractivity contribution is 8.14. The molecule has 2 atom stereocenters. The number of carbonyl (C=O) groups excluding carboxylic acids is 1. The number of urea groups is 1. The van der Waals surface area contributed by atoms with E-state index in [1.165, 1.54) is 46.4 Å². The van der Waals surface area contributed by atoms with Crippen molar-refractivity contribution >= 4 is 28.6 Å². The molecule has 2 amide bonds. The molecular weight excluding hydrogens is 641 g/mol. The van der Waals surface area contributed by atoms with Crippen LogP contribution in [0.15, 0.2) is 78.0 Å². The van der Waals surface area contributed by atoms with Gasteiger partial charge in [0.25, 0.3) is 0 Å². The van der Waals surface area contributed by atoms with E-state index in [1.54, 1.807) is 18.9 Å². The second-order valence-corrected chi connectivity index (χ2v) is 13.2. The molecule has 0 spiro atoms. The van der Waals surface area contributed by atoms with Gasteiger partial charge in [0.2, 0.25) is 0 Å². The van der Waals surface area contributed by atoms with Crippen molar-refractivity contribution < 1.29 is 27.4 Å². The highest BCUT2D eigenvalue weighted by atomic mass is 32.2. The molecule has 9 nitrogen and oxygen atoms in total. The fraction of sp³-hybridized carbons (Fsp3) is 0.371. The second kappa shape index (κ2) is 14.3. The molecule has 0 radical (unpaired) electrons. The fourth-order valence-corrected chi connectivity index (χ4v) is 7.13. The zero-order valence-electron chi connectivity index (χ0n) is 26.9. The third-order valence-electron chi connectivity index (χ3n) is 8.56. The highest BCUT2D eigenvalue weighted by Crippen LogP contribution is 2.37. The Bertz CT molecular complexity index is 1760. The Morgan fingerprint density at radius 1 is 1.04 bits per heavy atom. The van der Waals surface area contributed by atoms with Crippen LogP contribution in [0.2, 0.25) is 0 Å². The van der Waals surface area contributed by atoms with Gasteiger partial charge in [0.1, 0.15) is 17.8 Å². The summed E-state index contributed by atoms with van der Waals surface area (Å²) in [5.74, 6) is 2.49. The molecule has 1 aliphatic carbocycles. The molecule has 13 heteroatoms. The Kier molecular flexibility index (Phi) is 9.95. The molecule has 1 aromatic heterocycles. The minimum atomic E-state index is -4.75. The number of rotatable bonds is 8. The SMILES string of the molecule is COc1ccc(C(C)C)c(N2CCCS/C2=N\C(=O)NC2CCC(c3ccc(-c4ncn(-c5ccc(OC(F)(F)F)cc5)n4)cc3)C2)c1. The van der Waals surface area contributed by atoms with Gasteiger partial charge in [-0.2, -0.15) is 4.99 Å². The van der Waals surface area contributed by atoms with Crippen molar-refractivity contribution in [3.63, 3.8) is 0 Å². The number of nitrogens with one attached hydrogen (secondary N) is 1. The molecule has 2 aliphatic rings. The molecule has 2 unspecified atom stereocenters. The van der Waals surface area contributed by atoms with Crippen LogP contribution in [0.3, 0.4) is 0 Å². The zero-order valence-corrected chi connectivity index (χ0v) is 27.7. The molecule has 4 aromatic rings. The van der Waals surface area contributed by atoms with Crippen LogP contribution in [0.5, 0.6) is 11.5 Å². The van der Waals surface area contributed by atoms with E-state index in [0.29, 0.717) is 28.5 Å². The fourth-order valence-electron chi connectivity index (χ4n) is 6.18. The van der Waals surface area contributed by atoms with Crippen molar-refractivity contribution in [2.24, 2.45) is 4.99 Å². The highest BCUT2D eigenvalue weighted by Gasteiger charge is 2.31. The average Bonchev–Trinajstić information content (AvgIpc) is 3.75. The lowest BCUT2D eigenvalue weighted by molar-refractivity contribution is -0.274. The lowest BCUT2D eigenvalue weighted by atomic mass is 9.96. The van der Waals surface area contributed by atoms with E-state index in [0.717, 1.165) is 55.0 Å². The van der Waals surface area contributed by atoms with Crippen molar-refractivity contribution in [2.45, 2.75) is 63.8 Å². The Labute approximate surface area is 281 Å². The van der Waals surface area contributed by atoms with Gasteiger partial charge in [0.15, 0.2) is 11.0 Å². The maximum atomic E-state index is 13.2. The van der Waals surface area contributed by atoms with Crippen LogP contribution in [0.25, 0.3) is 17.1 Å². The number of carbonyl (C=O) groups is 1. The van der Waals surface area contributed by atoms with Crippen molar-refractivity contribution in [1.82, 2.24) is 20.1 Å². The number of alkyl halides is 3. The topological polar surface area (TPSA) is 93.9 Å². The number of amidine groups is 1. The number of ether oxygens (including phenoxy) is 2. The zero-order chi connectivity index (χ0) is 33.8. The minimum Gasteiger partial charge on any atom is -0.497 e. The van der Waals surface area contributed by atoms with Crippen molar-refractivity contribution in [3.8, 4) is 28.6 Å². The molecular formula is C35H37F3N6O3S. The van der Waals surface area contributed by atoms with Crippen LogP contribution in [0.4, 0.5) is 23.7 Å². The molecule has 6 rings (SSSR count). The van der Waals surface area contributed by atoms with Gasteiger partial charge in [-0.1, -0.05) is 55.9 Å². The molecule has 1 saturated heterocycles. The van der Waals surface area contributed by atoms with E-state index >= 15 is 0 Å². The molecule has 252 valence electrons. The Hall–Kier alpha value is -4.52. The molecule has 2 heterocycles. The number of anilines is 1. The van der Waals surface area contributed by atoms with Gasteiger partial charge in [0.05, 0.1) is 12.8 Å². The predicted octanol–water partition coefficient (Wildman–Crippen LogP) is 8.31. The van der Waals surface area contributed by atoms with Crippen molar-refractivity contribution in [3.05, 3.63) is 84.2 Å². The van der Waals surface area contributed by atoms with E-state index < -0.39 is 6.36 Å². The molecule has 2 fully saturated rings. The number of hydrogen-bond donors (Lipinski definition) is 1. The molecule has 1 saturated carbocycles. The summed E-state index contributed by atoms with van der Waals surface area (Å²) < 4.78 is 48.3. The Morgan fingerprint density at radius 2 is 1.79 bits per heavy atom. The molecule has 1 N–H and O–H groups in total. The van der Waals surface area contributed by atoms with Gasteiger partial charge >= 0.3 is 12.4 Å². The van der Waals surface area contributed by atoms with E-state index in [9.17, 15) is 18.0 Å². The number of halogens is 3.